The Morgan fingerprint density at radius 3 is 2.50 bits per heavy atom. The molecule has 1 aromatic carbocycles. The zero-order valence-corrected chi connectivity index (χ0v) is 13.3. The van der Waals surface area contributed by atoms with E-state index >= 15 is 0 Å². The normalized spacial score (nSPS) is 11.7. The number of anilines is 1. The summed E-state index contributed by atoms with van der Waals surface area (Å²) >= 11 is 0. The predicted molar refractivity (Wildman–Crippen MR) is 90.6 cm³/mol. The zero-order valence-electron chi connectivity index (χ0n) is 12.4. The van der Waals surface area contributed by atoms with Gasteiger partial charge >= 0.3 is 0 Å². The van der Waals surface area contributed by atoms with Crippen LogP contribution in [0, 0.1) is 0 Å². The van der Waals surface area contributed by atoms with Gasteiger partial charge in [0.2, 0.25) is 0 Å². The molecule has 7 heteroatoms. The van der Waals surface area contributed by atoms with E-state index in [-0.39, 0.29) is 0 Å². The smallest absolute Gasteiger partial charge is 0.170 e. The molecule has 0 unspecified atom stereocenters. The lowest BCUT2D eigenvalue weighted by atomic mass is 10.2. The third-order valence-electron chi connectivity index (χ3n) is 3.44. The molecule has 0 aliphatic rings. The summed E-state index contributed by atoms with van der Waals surface area (Å²) < 4.78 is 13.9. The maximum absolute atomic E-state index is 12.1. The largest absolute Gasteiger partial charge is 0.382 e. The van der Waals surface area contributed by atoms with Gasteiger partial charge in [-0.15, -0.1) is 0 Å². The van der Waals surface area contributed by atoms with Crippen LogP contribution in [0.15, 0.2) is 37.2 Å². The third-order valence-corrected chi connectivity index (χ3v) is 4.98. The molecular formula is C15H16N5OP. The van der Waals surface area contributed by atoms with E-state index in [2.05, 4.69) is 21.5 Å². The molecule has 2 aromatic heterocycles. The molecule has 6 nitrogen and oxygen atoms in total. The molecule has 0 aliphatic heterocycles. The van der Waals surface area contributed by atoms with Gasteiger partial charge in [-0.1, -0.05) is 30.8 Å². The van der Waals surface area contributed by atoms with Crippen molar-refractivity contribution in [2.75, 3.05) is 19.1 Å². The standard InChI is InChI=1S/C15H16N5OP/c1-4-20-14(19-12-13(16)17-9-18-15(12)20)10-5-7-11(8-6-10)22(2,3)21/h4-9H,1H2,2-3H3,(H2,16,17,18). The quantitative estimate of drug-likeness (QED) is 0.750. The first kappa shape index (κ1) is 14.5. The third kappa shape index (κ3) is 2.31. The SMILES string of the molecule is C=Cn1c(-c2ccc(P(C)(C)=O)cc2)nc2c(N)ncnc21. The Balaban J connectivity index is 2.20. The molecule has 0 bridgehead atoms. The number of benzene rings is 1. The minimum absolute atomic E-state index is 0.329. The van der Waals surface area contributed by atoms with Gasteiger partial charge in [-0.3, -0.25) is 4.57 Å². The summed E-state index contributed by atoms with van der Waals surface area (Å²) in [6, 6.07) is 7.50. The lowest BCUT2D eigenvalue weighted by Crippen LogP contribution is -2.02. The van der Waals surface area contributed by atoms with Gasteiger partial charge < -0.3 is 10.3 Å². The number of imidazole rings is 1. The molecule has 0 aliphatic carbocycles. The number of hydrogen-bond donors (Lipinski definition) is 1. The Labute approximate surface area is 128 Å². The fourth-order valence-corrected chi connectivity index (χ4v) is 3.14. The Morgan fingerprint density at radius 1 is 1.23 bits per heavy atom. The van der Waals surface area contributed by atoms with Gasteiger partial charge in [0.1, 0.15) is 19.3 Å². The lowest BCUT2D eigenvalue weighted by molar-refractivity contribution is 0.588. The van der Waals surface area contributed by atoms with Crippen molar-refractivity contribution >= 4 is 35.6 Å². The summed E-state index contributed by atoms with van der Waals surface area (Å²) in [5.74, 6) is 1.00. The van der Waals surface area contributed by atoms with E-state index in [1.807, 2.05) is 24.3 Å². The maximum atomic E-state index is 12.1. The number of nitrogen functional groups attached to an aromatic ring is 1. The van der Waals surface area contributed by atoms with Gasteiger partial charge in [-0.2, -0.15) is 0 Å². The molecule has 2 heterocycles. The van der Waals surface area contributed by atoms with Gasteiger partial charge in [0.15, 0.2) is 17.0 Å². The van der Waals surface area contributed by atoms with Crippen LogP contribution in [0.1, 0.15) is 0 Å². The fourth-order valence-electron chi connectivity index (χ4n) is 2.27. The van der Waals surface area contributed by atoms with E-state index < -0.39 is 7.14 Å². The van der Waals surface area contributed by atoms with Gasteiger partial charge in [0.25, 0.3) is 0 Å². The van der Waals surface area contributed by atoms with E-state index in [4.69, 9.17) is 5.73 Å². The second-order valence-electron chi connectivity index (χ2n) is 5.32. The fraction of sp³-hybridized carbons (Fsp3) is 0.133. The molecule has 3 aromatic rings. The number of fused-ring (bicyclic) bond motifs is 1. The zero-order chi connectivity index (χ0) is 15.9. The molecule has 2 N–H and O–H groups in total. The van der Waals surface area contributed by atoms with E-state index in [9.17, 15) is 4.57 Å². The average Bonchev–Trinajstić information content (AvgIpc) is 2.86. The Morgan fingerprint density at radius 2 is 1.91 bits per heavy atom. The number of rotatable bonds is 3. The molecule has 0 amide bonds. The monoisotopic (exact) mass is 313 g/mol. The van der Waals surface area contributed by atoms with Crippen molar-refractivity contribution in [1.29, 1.82) is 0 Å². The number of aromatic nitrogens is 4. The van der Waals surface area contributed by atoms with E-state index in [1.165, 1.54) is 6.33 Å². The summed E-state index contributed by atoms with van der Waals surface area (Å²) in [6.45, 7) is 7.30. The minimum Gasteiger partial charge on any atom is -0.382 e. The van der Waals surface area contributed by atoms with Crippen molar-refractivity contribution in [3.05, 3.63) is 37.2 Å². The first-order valence-corrected chi connectivity index (χ1v) is 9.29. The first-order chi connectivity index (χ1) is 10.4. The van der Waals surface area contributed by atoms with Gasteiger partial charge in [-0.25, -0.2) is 15.0 Å². The Bertz CT molecular complexity index is 908. The van der Waals surface area contributed by atoms with Gasteiger partial charge in [0, 0.05) is 17.1 Å². The van der Waals surface area contributed by atoms with Crippen molar-refractivity contribution in [3.63, 3.8) is 0 Å². The van der Waals surface area contributed by atoms with Crippen molar-refractivity contribution in [2.45, 2.75) is 0 Å². The highest BCUT2D eigenvalue weighted by Gasteiger charge is 2.16. The van der Waals surface area contributed by atoms with Crippen LogP contribution in [0.5, 0.6) is 0 Å². The highest BCUT2D eigenvalue weighted by atomic mass is 31.2. The topological polar surface area (TPSA) is 86.7 Å². The van der Waals surface area contributed by atoms with Crippen LogP contribution in [-0.2, 0) is 4.57 Å². The number of hydrogen-bond acceptors (Lipinski definition) is 5. The molecule has 3 rings (SSSR count). The molecule has 112 valence electrons. The second kappa shape index (κ2) is 5.07. The Hall–Kier alpha value is -2.46. The summed E-state index contributed by atoms with van der Waals surface area (Å²) in [5.41, 5.74) is 7.87. The van der Waals surface area contributed by atoms with Crippen LogP contribution in [0.25, 0.3) is 28.8 Å². The van der Waals surface area contributed by atoms with Crippen LogP contribution >= 0.6 is 7.14 Å². The highest BCUT2D eigenvalue weighted by molar-refractivity contribution is 7.70. The van der Waals surface area contributed by atoms with Crippen LogP contribution in [0.4, 0.5) is 5.82 Å². The molecule has 0 saturated carbocycles. The van der Waals surface area contributed by atoms with Crippen LogP contribution < -0.4 is 11.0 Å². The molecule has 0 spiro atoms. The second-order valence-corrected chi connectivity index (χ2v) is 8.53. The van der Waals surface area contributed by atoms with Crippen LogP contribution in [0.3, 0.4) is 0 Å². The Kier molecular flexibility index (Phi) is 3.34. The molecule has 0 radical (unpaired) electrons. The van der Waals surface area contributed by atoms with E-state index in [0.717, 1.165) is 10.9 Å². The lowest BCUT2D eigenvalue weighted by Gasteiger charge is -2.08. The maximum Gasteiger partial charge on any atom is 0.170 e. The summed E-state index contributed by atoms with van der Waals surface area (Å²) in [4.78, 5) is 12.7. The van der Waals surface area contributed by atoms with Gasteiger partial charge in [-0.05, 0) is 13.3 Å². The van der Waals surface area contributed by atoms with Crippen molar-refractivity contribution < 1.29 is 4.57 Å². The first-order valence-electron chi connectivity index (χ1n) is 6.69. The molecule has 0 saturated heterocycles. The highest BCUT2D eigenvalue weighted by Crippen LogP contribution is 2.35. The van der Waals surface area contributed by atoms with Gasteiger partial charge in [0.05, 0.1) is 0 Å². The molecule has 0 atom stereocenters. The predicted octanol–water partition coefficient (Wildman–Crippen LogP) is 2.42. The van der Waals surface area contributed by atoms with E-state index in [1.54, 1.807) is 24.1 Å². The van der Waals surface area contributed by atoms with Crippen molar-refractivity contribution in [2.24, 2.45) is 0 Å². The molecule has 22 heavy (non-hydrogen) atoms. The van der Waals surface area contributed by atoms with Crippen molar-refractivity contribution in [3.8, 4) is 11.4 Å². The average molecular weight is 313 g/mol. The molecular weight excluding hydrogens is 297 g/mol. The number of nitrogens with two attached hydrogens (primary N) is 1. The van der Waals surface area contributed by atoms with Crippen LogP contribution in [0.2, 0.25) is 0 Å². The summed E-state index contributed by atoms with van der Waals surface area (Å²) in [6.07, 6.45) is 3.03. The molecule has 0 fully saturated rings. The summed E-state index contributed by atoms with van der Waals surface area (Å²) in [5, 5.41) is 0.830. The minimum atomic E-state index is -2.27. The van der Waals surface area contributed by atoms with E-state index in [0.29, 0.717) is 22.8 Å². The number of nitrogens with zero attached hydrogens (tertiary/aromatic N) is 4. The van der Waals surface area contributed by atoms with Crippen LogP contribution in [-0.4, -0.2) is 32.8 Å². The summed E-state index contributed by atoms with van der Waals surface area (Å²) in [7, 11) is -2.27. The van der Waals surface area contributed by atoms with Crippen molar-refractivity contribution in [1.82, 2.24) is 19.5 Å².